The summed E-state index contributed by atoms with van der Waals surface area (Å²) in [7, 11) is 0. The lowest BCUT2D eigenvalue weighted by Gasteiger charge is -2.26. The minimum atomic E-state index is -0.855. The van der Waals surface area contributed by atoms with Gasteiger partial charge in [-0.15, -0.1) is 0 Å². The van der Waals surface area contributed by atoms with Gasteiger partial charge in [-0.2, -0.15) is 0 Å². The number of carbonyl (C=O) groups excluding carboxylic acids is 2. The monoisotopic (exact) mass is 593 g/mol. The van der Waals surface area contributed by atoms with Crippen molar-refractivity contribution < 1.29 is 14.7 Å². The van der Waals surface area contributed by atoms with Crippen LogP contribution in [-0.4, -0.2) is 42.2 Å². The predicted octanol–water partition coefficient (Wildman–Crippen LogP) is 6.27. The highest BCUT2D eigenvalue weighted by molar-refractivity contribution is 6.34. The molecule has 1 aliphatic heterocycles. The summed E-state index contributed by atoms with van der Waals surface area (Å²) in [4.78, 5) is 28.1. The summed E-state index contributed by atoms with van der Waals surface area (Å²) in [6.07, 6.45) is 5.53. The van der Waals surface area contributed by atoms with Gasteiger partial charge in [0.2, 0.25) is 5.91 Å². The van der Waals surface area contributed by atoms with E-state index in [4.69, 9.17) is 23.2 Å². The second kappa shape index (κ2) is 13.8. The van der Waals surface area contributed by atoms with Gasteiger partial charge in [0.15, 0.2) is 0 Å². The quantitative estimate of drug-likeness (QED) is 0.245. The molecule has 0 aromatic heterocycles. The summed E-state index contributed by atoms with van der Waals surface area (Å²) in [6.45, 7) is 1.41. The lowest BCUT2D eigenvalue weighted by atomic mass is 9.94. The molecule has 2 atom stereocenters. The predicted molar refractivity (Wildman–Crippen MR) is 165 cm³/mol. The Bertz CT molecular complexity index is 1340. The molecule has 2 amide bonds. The van der Waals surface area contributed by atoms with Crippen LogP contribution in [0.15, 0.2) is 66.7 Å². The van der Waals surface area contributed by atoms with E-state index >= 15 is 0 Å². The standard InChI is InChI=1S/C33H37Cl2N3O3/c34-27-13-23(14-28(35)19-27)20-36-21-31(39)30(15-22-7-2-1-3-8-22)37-33(41)26-16-25(24-9-4-5-10-24)17-29(18-26)38-12-6-11-32(38)40/h1-3,7-8,13-14,16-19,24,30-31,36,39H,4-6,9-12,15,20-21H2,(H,37,41)/t30-,31+/m0/s1. The van der Waals surface area contributed by atoms with Crippen LogP contribution in [0.3, 0.4) is 0 Å². The van der Waals surface area contributed by atoms with Crippen LogP contribution in [0.25, 0.3) is 0 Å². The van der Waals surface area contributed by atoms with Crippen molar-refractivity contribution >= 4 is 40.7 Å². The Labute approximate surface area is 252 Å². The number of carbonyl (C=O) groups is 2. The molecular weight excluding hydrogens is 557 g/mol. The van der Waals surface area contributed by atoms with Crippen molar-refractivity contribution in [2.24, 2.45) is 0 Å². The molecule has 2 fully saturated rings. The third-order valence-electron chi connectivity index (χ3n) is 8.10. The summed E-state index contributed by atoms with van der Waals surface area (Å²) < 4.78 is 0. The maximum Gasteiger partial charge on any atom is 0.251 e. The number of benzene rings is 3. The highest BCUT2D eigenvalue weighted by Crippen LogP contribution is 2.37. The Morgan fingerprint density at radius 2 is 1.68 bits per heavy atom. The smallest absolute Gasteiger partial charge is 0.251 e. The van der Waals surface area contributed by atoms with E-state index in [1.807, 2.05) is 54.6 Å². The van der Waals surface area contributed by atoms with Crippen molar-refractivity contribution in [2.75, 3.05) is 18.0 Å². The fraction of sp³-hybridized carbons (Fsp3) is 0.394. The van der Waals surface area contributed by atoms with E-state index in [-0.39, 0.29) is 18.4 Å². The largest absolute Gasteiger partial charge is 0.390 e. The van der Waals surface area contributed by atoms with Crippen LogP contribution in [0.1, 0.15) is 71.5 Å². The molecule has 41 heavy (non-hydrogen) atoms. The van der Waals surface area contributed by atoms with Crippen LogP contribution in [0.5, 0.6) is 0 Å². The molecule has 2 aliphatic rings. The molecule has 8 heteroatoms. The van der Waals surface area contributed by atoms with E-state index < -0.39 is 12.1 Å². The van der Waals surface area contributed by atoms with Gasteiger partial charge in [-0.25, -0.2) is 0 Å². The van der Waals surface area contributed by atoms with E-state index in [2.05, 4.69) is 16.7 Å². The van der Waals surface area contributed by atoms with E-state index in [1.54, 1.807) is 11.0 Å². The van der Waals surface area contributed by atoms with Crippen molar-refractivity contribution in [1.29, 1.82) is 0 Å². The molecule has 216 valence electrons. The Hall–Kier alpha value is -2.90. The van der Waals surface area contributed by atoms with Gasteiger partial charge in [-0.05, 0) is 84.7 Å². The van der Waals surface area contributed by atoms with Crippen LogP contribution >= 0.6 is 23.2 Å². The molecule has 3 aromatic rings. The molecule has 0 radical (unpaired) electrons. The van der Waals surface area contributed by atoms with Crippen molar-refractivity contribution in [1.82, 2.24) is 10.6 Å². The number of rotatable bonds is 11. The highest BCUT2D eigenvalue weighted by atomic mass is 35.5. The van der Waals surface area contributed by atoms with Gasteiger partial charge in [0.05, 0.1) is 12.1 Å². The maximum absolute atomic E-state index is 13.8. The first kappa shape index (κ1) is 29.6. The van der Waals surface area contributed by atoms with Crippen LogP contribution in [-0.2, 0) is 17.8 Å². The summed E-state index contributed by atoms with van der Waals surface area (Å²) in [5.74, 6) is 0.248. The average molecular weight is 595 g/mol. The number of aliphatic hydroxyl groups excluding tert-OH is 1. The fourth-order valence-corrected chi connectivity index (χ4v) is 6.53. The Morgan fingerprint density at radius 1 is 0.951 bits per heavy atom. The number of hydrogen-bond acceptors (Lipinski definition) is 4. The molecule has 5 rings (SSSR count). The molecule has 3 N–H and O–H groups in total. The number of nitrogens with one attached hydrogen (secondary N) is 2. The summed E-state index contributed by atoms with van der Waals surface area (Å²) in [5.41, 5.74) is 4.36. The molecule has 1 saturated heterocycles. The van der Waals surface area contributed by atoms with Gasteiger partial charge < -0.3 is 20.6 Å². The lowest BCUT2D eigenvalue weighted by molar-refractivity contribution is -0.117. The lowest BCUT2D eigenvalue weighted by Crippen LogP contribution is -2.48. The van der Waals surface area contributed by atoms with Gasteiger partial charge in [-0.1, -0.05) is 66.4 Å². The summed E-state index contributed by atoms with van der Waals surface area (Å²) in [6, 6.07) is 20.5. The first-order valence-corrected chi connectivity index (χ1v) is 15.3. The number of halogens is 2. The van der Waals surface area contributed by atoms with E-state index in [1.165, 1.54) is 12.8 Å². The summed E-state index contributed by atoms with van der Waals surface area (Å²) in [5, 5.41) is 18.8. The van der Waals surface area contributed by atoms with Gasteiger partial charge in [0.1, 0.15) is 0 Å². The van der Waals surface area contributed by atoms with Crippen molar-refractivity contribution in [3.8, 4) is 0 Å². The zero-order valence-corrected chi connectivity index (χ0v) is 24.6. The Kier molecular flexibility index (Phi) is 9.99. The molecule has 1 saturated carbocycles. The SMILES string of the molecule is O=C(N[C@@H](Cc1ccccc1)[C@H](O)CNCc1cc(Cl)cc(Cl)c1)c1cc(C2CCCC2)cc(N2CCCC2=O)c1. The number of anilines is 1. The van der Waals surface area contributed by atoms with Crippen LogP contribution in [0.2, 0.25) is 10.0 Å². The fourth-order valence-electron chi connectivity index (χ4n) is 5.96. The Balaban J connectivity index is 1.34. The molecule has 6 nitrogen and oxygen atoms in total. The maximum atomic E-state index is 13.8. The zero-order chi connectivity index (χ0) is 28.8. The number of nitrogens with zero attached hydrogens (tertiary/aromatic N) is 1. The number of hydrogen-bond donors (Lipinski definition) is 3. The van der Waals surface area contributed by atoms with Crippen LogP contribution in [0, 0.1) is 0 Å². The molecule has 1 aliphatic carbocycles. The summed E-state index contributed by atoms with van der Waals surface area (Å²) >= 11 is 12.3. The second-order valence-electron chi connectivity index (χ2n) is 11.2. The third-order valence-corrected chi connectivity index (χ3v) is 8.53. The van der Waals surface area contributed by atoms with Crippen LogP contribution < -0.4 is 15.5 Å². The van der Waals surface area contributed by atoms with E-state index in [9.17, 15) is 14.7 Å². The highest BCUT2D eigenvalue weighted by Gasteiger charge is 2.27. The second-order valence-corrected chi connectivity index (χ2v) is 12.1. The first-order valence-electron chi connectivity index (χ1n) is 14.5. The molecule has 0 bridgehead atoms. The molecule has 3 aromatic carbocycles. The van der Waals surface area contributed by atoms with E-state index in [0.29, 0.717) is 47.5 Å². The van der Waals surface area contributed by atoms with Crippen LogP contribution in [0.4, 0.5) is 5.69 Å². The molecule has 0 spiro atoms. The minimum absolute atomic E-state index is 0.101. The Morgan fingerprint density at radius 3 is 2.37 bits per heavy atom. The minimum Gasteiger partial charge on any atom is -0.390 e. The van der Waals surface area contributed by atoms with Crippen molar-refractivity contribution in [2.45, 2.75) is 69.6 Å². The molecule has 0 unspecified atom stereocenters. The first-order chi connectivity index (χ1) is 19.9. The topological polar surface area (TPSA) is 81.7 Å². The number of aliphatic hydroxyl groups is 1. The molecule has 1 heterocycles. The van der Waals surface area contributed by atoms with E-state index in [0.717, 1.165) is 41.6 Å². The normalized spacial score (nSPS) is 17.1. The average Bonchev–Trinajstić information content (AvgIpc) is 3.65. The van der Waals surface area contributed by atoms with Crippen molar-refractivity contribution in [3.05, 3.63) is 99.0 Å². The zero-order valence-electron chi connectivity index (χ0n) is 23.1. The van der Waals surface area contributed by atoms with Crippen molar-refractivity contribution in [3.63, 3.8) is 0 Å². The van der Waals surface area contributed by atoms with Gasteiger partial charge in [-0.3, -0.25) is 9.59 Å². The molecular formula is C33H37Cl2N3O3. The van der Waals surface area contributed by atoms with Gasteiger partial charge in [0, 0.05) is 47.4 Å². The third kappa shape index (κ3) is 7.89. The van der Waals surface area contributed by atoms with Gasteiger partial charge in [0.25, 0.3) is 5.91 Å². The van der Waals surface area contributed by atoms with Gasteiger partial charge >= 0.3 is 0 Å². The number of amides is 2.